The summed E-state index contributed by atoms with van der Waals surface area (Å²) in [6.45, 7) is 6.92. The number of fused-ring (bicyclic) bond motifs is 1. The third-order valence-electron chi connectivity index (χ3n) is 4.99. The van der Waals surface area contributed by atoms with Crippen LogP contribution in [-0.4, -0.2) is 37.9 Å². The standard InChI is InChI=1S/C23H24N2O5S/c1-4-11-25-16(2)12-21(17(25)3)22(26)15-30-23(27)14-24-31(28,29)20-10-9-18-7-5-6-8-19(18)13-20/h4-10,12-13,24H,1,11,14-15H2,2-3H3. The van der Waals surface area contributed by atoms with Gasteiger partial charge in [-0.15, -0.1) is 6.58 Å². The molecule has 2 aromatic carbocycles. The second-order valence-electron chi connectivity index (χ2n) is 7.10. The van der Waals surface area contributed by atoms with Crippen LogP contribution in [0.5, 0.6) is 0 Å². The highest BCUT2D eigenvalue weighted by molar-refractivity contribution is 7.89. The zero-order valence-electron chi connectivity index (χ0n) is 17.4. The molecule has 1 heterocycles. The van der Waals surface area contributed by atoms with Gasteiger partial charge in [-0.2, -0.15) is 4.72 Å². The Labute approximate surface area is 181 Å². The molecule has 0 spiro atoms. The highest BCUT2D eigenvalue weighted by Crippen LogP contribution is 2.19. The van der Waals surface area contributed by atoms with Crippen LogP contribution in [0.25, 0.3) is 10.8 Å². The number of nitrogens with zero attached hydrogens (tertiary/aromatic N) is 1. The van der Waals surface area contributed by atoms with Crippen molar-refractivity contribution in [3.63, 3.8) is 0 Å². The molecule has 0 radical (unpaired) electrons. The zero-order chi connectivity index (χ0) is 22.6. The van der Waals surface area contributed by atoms with E-state index in [0.717, 1.165) is 22.2 Å². The van der Waals surface area contributed by atoms with Gasteiger partial charge in [-0.05, 0) is 42.8 Å². The number of esters is 1. The summed E-state index contributed by atoms with van der Waals surface area (Å²) >= 11 is 0. The lowest BCUT2D eigenvalue weighted by Gasteiger charge is -2.09. The van der Waals surface area contributed by atoms with E-state index in [1.165, 1.54) is 12.1 Å². The molecule has 8 heteroatoms. The van der Waals surface area contributed by atoms with Gasteiger partial charge in [0.25, 0.3) is 0 Å². The minimum Gasteiger partial charge on any atom is -0.456 e. The van der Waals surface area contributed by atoms with Crippen molar-refractivity contribution in [1.29, 1.82) is 0 Å². The minimum atomic E-state index is -3.90. The number of sulfonamides is 1. The summed E-state index contributed by atoms with van der Waals surface area (Å²) in [5, 5.41) is 1.68. The van der Waals surface area contributed by atoms with Gasteiger partial charge in [-0.1, -0.05) is 36.4 Å². The number of aryl methyl sites for hydroxylation is 1. The van der Waals surface area contributed by atoms with Crippen LogP contribution in [-0.2, 0) is 26.1 Å². The van der Waals surface area contributed by atoms with Crippen LogP contribution in [0.3, 0.4) is 0 Å². The van der Waals surface area contributed by atoms with E-state index in [4.69, 9.17) is 4.74 Å². The van der Waals surface area contributed by atoms with Crippen LogP contribution in [0.1, 0.15) is 21.7 Å². The lowest BCUT2D eigenvalue weighted by Crippen LogP contribution is -2.31. The molecule has 1 N–H and O–H groups in total. The fraction of sp³-hybridized carbons (Fsp3) is 0.217. The molecule has 0 saturated carbocycles. The molecule has 31 heavy (non-hydrogen) atoms. The molecule has 3 aromatic rings. The van der Waals surface area contributed by atoms with Crippen LogP contribution in [0, 0.1) is 13.8 Å². The Kier molecular flexibility index (Phi) is 6.72. The van der Waals surface area contributed by atoms with Gasteiger partial charge < -0.3 is 9.30 Å². The number of Topliss-reactive ketones (excluding diaryl/α,β-unsaturated/α-hetero) is 1. The minimum absolute atomic E-state index is 0.0461. The first kappa shape index (κ1) is 22.5. The fourth-order valence-corrected chi connectivity index (χ4v) is 4.34. The number of benzene rings is 2. The summed E-state index contributed by atoms with van der Waals surface area (Å²) in [5.41, 5.74) is 2.12. The maximum absolute atomic E-state index is 12.5. The van der Waals surface area contributed by atoms with Gasteiger partial charge in [-0.25, -0.2) is 8.42 Å². The van der Waals surface area contributed by atoms with Crippen molar-refractivity contribution in [2.45, 2.75) is 25.3 Å². The van der Waals surface area contributed by atoms with Crippen molar-refractivity contribution in [1.82, 2.24) is 9.29 Å². The van der Waals surface area contributed by atoms with E-state index in [1.807, 2.05) is 36.6 Å². The predicted molar refractivity (Wildman–Crippen MR) is 119 cm³/mol. The van der Waals surface area contributed by atoms with Crippen molar-refractivity contribution >= 4 is 32.5 Å². The van der Waals surface area contributed by atoms with Gasteiger partial charge in [0.1, 0.15) is 6.54 Å². The Balaban J connectivity index is 1.58. The second-order valence-corrected chi connectivity index (χ2v) is 8.87. The molecule has 0 amide bonds. The number of ketones is 1. The summed E-state index contributed by atoms with van der Waals surface area (Å²) in [4.78, 5) is 24.5. The SMILES string of the molecule is C=CCn1c(C)cc(C(=O)COC(=O)CNS(=O)(=O)c2ccc3ccccc3c2)c1C. The second kappa shape index (κ2) is 9.28. The van der Waals surface area contributed by atoms with E-state index < -0.39 is 29.1 Å². The average molecular weight is 441 g/mol. The van der Waals surface area contributed by atoms with Crippen molar-refractivity contribution in [2.75, 3.05) is 13.2 Å². The van der Waals surface area contributed by atoms with E-state index in [1.54, 1.807) is 24.3 Å². The molecule has 0 aliphatic heterocycles. The zero-order valence-corrected chi connectivity index (χ0v) is 18.2. The van der Waals surface area contributed by atoms with Gasteiger partial charge in [0, 0.05) is 23.5 Å². The number of hydrogen-bond acceptors (Lipinski definition) is 5. The van der Waals surface area contributed by atoms with Crippen molar-refractivity contribution < 1.29 is 22.7 Å². The molecule has 0 aliphatic carbocycles. The normalized spacial score (nSPS) is 11.4. The number of carbonyl (C=O) groups is 2. The molecule has 3 rings (SSSR count). The number of ether oxygens (including phenoxy) is 1. The van der Waals surface area contributed by atoms with E-state index in [0.29, 0.717) is 12.1 Å². The topological polar surface area (TPSA) is 94.5 Å². The Morgan fingerprint density at radius 1 is 1.10 bits per heavy atom. The first-order valence-electron chi connectivity index (χ1n) is 9.68. The van der Waals surface area contributed by atoms with Gasteiger partial charge in [0.15, 0.2) is 6.61 Å². The molecule has 1 aromatic heterocycles. The van der Waals surface area contributed by atoms with Crippen LogP contribution >= 0.6 is 0 Å². The monoisotopic (exact) mass is 440 g/mol. The van der Waals surface area contributed by atoms with E-state index in [9.17, 15) is 18.0 Å². The Hall–Kier alpha value is -3.23. The summed E-state index contributed by atoms with van der Waals surface area (Å²) in [6, 6.07) is 13.8. The van der Waals surface area contributed by atoms with Crippen molar-refractivity contribution in [2.24, 2.45) is 0 Å². The summed E-state index contributed by atoms with van der Waals surface area (Å²) in [6.07, 6.45) is 1.73. The molecule has 0 atom stereocenters. The molecule has 0 aliphatic rings. The van der Waals surface area contributed by atoms with Gasteiger partial charge >= 0.3 is 5.97 Å². The third kappa shape index (κ3) is 5.10. The lowest BCUT2D eigenvalue weighted by atomic mass is 10.1. The molecular formula is C23H24N2O5S. The molecule has 7 nitrogen and oxygen atoms in total. The van der Waals surface area contributed by atoms with E-state index >= 15 is 0 Å². The van der Waals surface area contributed by atoms with Crippen LogP contribution in [0.4, 0.5) is 0 Å². The molecule has 0 bridgehead atoms. The molecule has 162 valence electrons. The predicted octanol–water partition coefficient (Wildman–Crippen LogP) is 3.15. The first-order valence-corrected chi connectivity index (χ1v) is 11.2. The average Bonchev–Trinajstić information content (AvgIpc) is 3.04. The van der Waals surface area contributed by atoms with Gasteiger partial charge in [-0.3, -0.25) is 9.59 Å². The fourth-order valence-electron chi connectivity index (χ4n) is 3.34. The molecule has 0 unspecified atom stereocenters. The maximum atomic E-state index is 12.5. The summed E-state index contributed by atoms with van der Waals surface area (Å²) in [5.74, 6) is -1.19. The van der Waals surface area contributed by atoms with E-state index in [-0.39, 0.29) is 10.7 Å². The number of hydrogen-bond donors (Lipinski definition) is 1. The summed E-state index contributed by atoms with van der Waals surface area (Å²) < 4.78 is 34.1. The van der Waals surface area contributed by atoms with Crippen LogP contribution in [0.2, 0.25) is 0 Å². The molecule has 0 saturated heterocycles. The highest BCUT2D eigenvalue weighted by Gasteiger charge is 2.19. The number of rotatable bonds is 9. The lowest BCUT2D eigenvalue weighted by molar-refractivity contribution is -0.141. The van der Waals surface area contributed by atoms with Gasteiger partial charge in [0.2, 0.25) is 15.8 Å². The number of nitrogens with one attached hydrogen (secondary N) is 1. The summed E-state index contributed by atoms with van der Waals surface area (Å²) in [7, 11) is -3.90. The third-order valence-corrected chi connectivity index (χ3v) is 6.39. The molecule has 0 fully saturated rings. The smallest absolute Gasteiger partial charge is 0.321 e. The number of allylic oxidation sites excluding steroid dienone is 1. The number of aromatic nitrogens is 1. The Bertz CT molecular complexity index is 1260. The largest absolute Gasteiger partial charge is 0.456 e. The van der Waals surface area contributed by atoms with E-state index in [2.05, 4.69) is 11.3 Å². The Morgan fingerprint density at radius 3 is 2.52 bits per heavy atom. The van der Waals surface area contributed by atoms with Crippen molar-refractivity contribution in [3.8, 4) is 0 Å². The quantitative estimate of drug-likeness (QED) is 0.313. The van der Waals surface area contributed by atoms with Crippen LogP contribution in [0.15, 0.2) is 66.1 Å². The first-order chi connectivity index (χ1) is 14.7. The highest BCUT2D eigenvalue weighted by atomic mass is 32.2. The number of carbonyl (C=O) groups excluding carboxylic acids is 2. The Morgan fingerprint density at radius 2 is 1.81 bits per heavy atom. The van der Waals surface area contributed by atoms with Crippen molar-refractivity contribution in [3.05, 3.63) is 78.1 Å². The van der Waals surface area contributed by atoms with Crippen LogP contribution < -0.4 is 4.72 Å². The van der Waals surface area contributed by atoms with Gasteiger partial charge in [0.05, 0.1) is 4.90 Å². The molecular weight excluding hydrogens is 416 g/mol. The maximum Gasteiger partial charge on any atom is 0.321 e.